The Balaban J connectivity index is 1.58. The fourth-order valence-corrected chi connectivity index (χ4v) is 3.11. The molecule has 1 unspecified atom stereocenters. The van der Waals surface area contributed by atoms with Gasteiger partial charge in [-0.1, -0.05) is 12.5 Å². The summed E-state index contributed by atoms with van der Waals surface area (Å²) in [5.74, 6) is 0. The maximum atomic E-state index is 3.62. The summed E-state index contributed by atoms with van der Waals surface area (Å²) in [5.41, 5.74) is 0. The van der Waals surface area contributed by atoms with Gasteiger partial charge in [-0.3, -0.25) is 0 Å². The van der Waals surface area contributed by atoms with Gasteiger partial charge in [-0.15, -0.1) is 11.3 Å². The molecule has 0 saturated carbocycles. The molecule has 17 heavy (non-hydrogen) atoms. The molecule has 1 atom stereocenters. The minimum Gasteiger partial charge on any atom is -0.314 e. The van der Waals surface area contributed by atoms with Gasteiger partial charge < -0.3 is 10.2 Å². The first-order chi connectivity index (χ1) is 8.34. The van der Waals surface area contributed by atoms with E-state index in [1.807, 2.05) is 11.3 Å². The van der Waals surface area contributed by atoms with Gasteiger partial charge >= 0.3 is 0 Å². The summed E-state index contributed by atoms with van der Waals surface area (Å²) < 4.78 is 0. The Kier molecular flexibility index (Phi) is 5.49. The van der Waals surface area contributed by atoms with Crippen LogP contribution in [0.3, 0.4) is 0 Å². The number of rotatable bonds is 6. The molecule has 2 nitrogen and oxygen atoms in total. The van der Waals surface area contributed by atoms with Gasteiger partial charge in [0.05, 0.1) is 0 Å². The smallest absolute Gasteiger partial charge is 0.00792 e. The van der Waals surface area contributed by atoms with Crippen molar-refractivity contribution in [3.63, 3.8) is 0 Å². The van der Waals surface area contributed by atoms with Crippen molar-refractivity contribution >= 4 is 11.3 Å². The van der Waals surface area contributed by atoms with Crippen molar-refractivity contribution in [2.45, 2.75) is 38.1 Å². The number of thiophene rings is 1. The Labute approximate surface area is 109 Å². The molecule has 0 aromatic carbocycles. The predicted molar refractivity (Wildman–Crippen MR) is 75.8 cm³/mol. The van der Waals surface area contributed by atoms with Crippen LogP contribution in [0, 0.1) is 0 Å². The number of nitrogens with zero attached hydrogens (tertiary/aromatic N) is 1. The summed E-state index contributed by atoms with van der Waals surface area (Å²) in [6.07, 6.45) is 6.66. The van der Waals surface area contributed by atoms with E-state index in [0.29, 0.717) is 0 Å². The van der Waals surface area contributed by atoms with Crippen molar-refractivity contribution < 1.29 is 0 Å². The van der Waals surface area contributed by atoms with E-state index in [9.17, 15) is 0 Å². The highest BCUT2D eigenvalue weighted by atomic mass is 32.1. The van der Waals surface area contributed by atoms with Gasteiger partial charge in [0.15, 0.2) is 0 Å². The molecule has 0 radical (unpaired) electrons. The molecule has 0 spiro atoms. The van der Waals surface area contributed by atoms with Crippen molar-refractivity contribution in [1.29, 1.82) is 0 Å². The molecular formula is C14H24N2S. The number of nitrogens with one attached hydrogen (secondary N) is 1. The lowest BCUT2D eigenvalue weighted by atomic mass is 10.0. The van der Waals surface area contributed by atoms with Crippen LogP contribution < -0.4 is 5.32 Å². The van der Waals surface area contributed by atoms with Crippen LogP contribution in [-0.4, -0.2) is 37.6 Å². The minimum atomic E-state index is 0.771. The first kappa shape index (κ1) is 13.1. The predicted octanol–water partition coefficient (Wildman–Crippen LogP) is 2.75. The Morgan fingerprint density at radius 3 is 3.06 bits per heavy atom. The zero-order valence-electron chi connectivity index (χ0n) is 10.8. The fraction of sp³-hybridized carbons (Fsp3) is 0.714. The number of piperidine rings is 1. The number of hydrogen-bond acceptors (Lipinski definition) is 3. The topological polar surface area (TPSA) is 15.3 Å². The molecule has 1 fully saturated rings. The molecule has 1 aromatic heterocycles. The third kappa shape index (κ3) is 4.78. The molecular weight excluding hydrogens is 228 g/mol. The van der Waals surface area contributed by atoms with Crippen LogP contribution >= 0.6 is 11.3 Å². The van der Waals surface area contributed by atoms with Crippen molar-refractivity contribution in [2.24, 2.45) is 0 Å². The van der Waals surface area contributed by atoms with Crippen LogP contribution in [0.4, 0.5) is 0 Å². The lowest BCUT2D eigenvalue weighted by Crippen LogP contribution is -2.37. The van der Waals surface area contributed by atoms with Crippen LogP contribution in [0.15, 0.2) is 17.5 Å². The summed E-state index contributed by atoms with van der Waals surface area (Å²) in [4.78, 5) is 3.98. The van der Waals surface area contributed by atoms with Gasteiger partial charge in [0.25, 0.3) is 0 Å². The van der Waals surface area contributed by atoms with E-state index in [1.165, 1.54) is 56.6 Å². The molecule has 1 N–H and O–H groups in total. The zero-order valence-corrected chi connectivity index (χ0v) is 11.6. The first-order valence-corrected chi connectivity index (χ1v) is 7.67. The maximum absolute atomic E-state index is 3.62. The Morgan fingerprint density at radius 2 is 2.35 bits per heavy atom. The lowest BCUT2D eigenvalue weighted by Gasteiger charge is -2.25. The lowest BCUT2D eigenvalue weighted by molar-refractivity contribution is 0.290. The van der Waals surface area contributed by atoms with E-state index < -0.39 is 0 Å². The molecule has 2 heterocycles. The summed E-state index contributed by atoms with van der Waals surface area (Å²) in [5, 5.41) is 5.79. The molecule has 0 aliphatic carbocycles. The highest BCUT2D eigenvalue weighted by molar-refractivity contribution is 7.09. The van der Waals surface area contributed by atoms with E-state index in [0.717, 1.165) is 6.04 Å². The Morgan fingerprint density at radius 1 is 1.41 bits per heavy atom. The van der Waals surface area contributed by atoms with Crippen molar-refractivity contribution in [3.8, 4) is 0 Å². The zero-order chi connectivity index (χ0) is 11.9. The van der Waals surface area contributed by atoms with E-state index in [-0.39, 0.29) is 0 Å². The molecule has 0 amide bonds. The van der Waals surface area contributed by atoms with Crippen LogP contribution in [0.1, 0.15) is 30.6 Å². The molecule has 1 aliphatic heterocycles. The summed E-state index contributed by atoms with van der Waals surface area (Å²) in [6, 6.07) is 5.15. The van der Waals surface area contributed by atoms with Crippen LogP contribution in [0.25, 0.3) is 0 Å². The first-order valence-electron chi connectivity index (χ1n) is 6.79. The van der Waals surface area contributed by atoms with Gasteiger partial charge in [0.1, 0.15) is 0 Å². The van der Waals surface area contributed by atoms with E-state index in [2.05, 4.69) is 34.8 Å². The van der Waals surface area contributed by atoms with Gasteiger partial charge in [0, 0.05) is 17.5 Å². The Bertz CT molecular complexity index is 291. The van der Waals surface area contributed by atoms with Crippen molar-refractivity contribution in [3.05, 3.63) is 22.4 Å². The summed E-state index contributed by atoms with van der Waals surface area (Å²) in [6.45, 7) is 3.64. The van der Waals surface area contributed by atoms with Gasteiger partial charge in [-0.05, 0) is 57.3 Å². The number of hydrogen-bond donors (Lipinski definition) is 1. The highest BCUT2D eigenvalue weighted by Gasteiger charge is 2.12. The molecule has 1 aromatic rings. The monoisotopic (exact) mass is 252 g/mol. The van der Waals surface area contributed by atoms with E-state index >= 15 is 0 Å². The normalized spacial score (nSPS) is 20.9. The maximum Gasteiger partial charge on any atom is 0.00792 e. The molecule has 0 bridgehead atoms. The third-order valence-electron chi connectivity index (χ3n) is 3.59. The average molecular weight is 252 g/mol. The second kappa shape index (κ2) is 7.14. The molecule has 96 valence electrons. The third-order valence-corrected chi connectivity index (χ3v) is 4.53. The Hall–Kier alpha value is -0.380. The van der Waals surface area contributed by atoms with Gasteiger partial charge in [-0.25, -0.2) is 0 Å². The quantitative estimate of drug-likeness (QED) is 0.837. The van der Waals surface area contributed by atoms with Crippen LogP contribution in [0.2, 0.25) is 0 Å². The summed E-state index contributed by atoms with van der Waals surface area (Å²) >= 11 is 1.87. The largest absolute Gasteiger partial charge is 0.314 e. The van der Waals surface area contributed by atoms with Crippen molar-refractivity contribution in [2.75, 3.05) is 26.7 Å². The van der Waals surface area contributed by atoms with Crippen molar-refractivity contribution in [1.82, 2.24) is 10.2 Å². The van der Waals surface area contributed by atoms with E-state index in [4.69, 9.17) is 0 Å². The molecule has 1 saturated heterocycles. The summed E-state index contributed by atoms with van der Waals surface area (Å²) in [7, 11) is 2.25. The second-order valence-corrected chi connectivity index (χ2v) is 6.10. The fourth-order valence-electron chi connectivity index (χ4n) is 2.41. The molecule has 1 aliphatic rings. The van der Waals surface area contributed by atoms with Gasteiger partial charge in [0.2, 0.25) is 0 Å². The van der Waals surface area contributed by atoms with Crippen LogP contribution in [0.5, 0.6) is 0 Å². The molecule has 3 heteroatoms. The standard InChI is InChI=1S/C14H24N2S/c1-16(11-8-14-6-4-12-17-14)10-7-13-5-2-3-9-15-13/h4,6,12-13,15H,2-3,5,7-11H2,1H3. The second-order valence-electron chi connectivity index (χ2n) is 5.07. The SMILES string of the molecule is CN(CCc1cccs1)CCC1CCCCN1. The average Bonchev–Trinajstić information content (AvgIpc) is 2.88. The molecule has 2 rings (SSSR count). The van der Waals surface area contributed by atoms with Crippen LogP contribution in [-0.2, 0) is 6.42 Å². The number of likely N-dealkylation sites (N-methyl/N-ethyl adjacent to an activating group) is 1. The van der Waals surface area contributed by atoms with Gasteiger partial charge in [-0.2, -0.15) is 0 Å². The minimum absolute atomic E-state index is 0.771. The van der Waals surface area contributed by atoms with E-state index in [1.54, 1.807) is 0 Å². The highest BCUT2D eigenvalue weighted by Crippen LogP contribution is 2.12.